The highest BCUT2D eigenvalue weighted by atomic mass is 16.5. The number of carbonyl (C=O) groups is 1. The number of amides is 1. The van der Waals surface area contributed by atoms with Crippen molar-refractivity contribution in [3.8, 4) is 5.75 Å². The van der Waals surface area contributed by atoms with E-state index in [9.17, 15) is 4.79 Å². The lowest BCUT2D eigenvalue weighted by atomic mass is 9.93. The quantitative estimate of drug-likeness (QED) is 0.513. The van der Waals surface area contributed by atoms with Gasteiger partial charge in [0.25, 0.3) is 5.91 Å². The molecule has 6 nitrogen and oxygen atoms in total. The number of hydrogen-bond acceptors (Lipinski definition) is 5. The maximum Gasteiger partial charge on any atom is 0.259 e. The van der Waals surface area contributed by atoms with Crippen molar-refractivity contribution in [3.63, 3.8) is 0 Å². The highest BCUT2D eigenvalue weighted by Crippen LogP contribution is 2.35. The van der Waals surface area contributed by atoms with Gasteiger partial charge in [-0.15, -0.1) is 0 Å². The van der Waals surface area contributed by atoms with Gasteiger partial charge >= 0.3 is 0 Å². The molecule has 2 fully saturated rings. The number of piperidine rings is 2. The van der Waals surface area contributed by atoms with Crippen molar-refractivity contribution in [2.24, 2.45) is 0 Å². The molecular formula is C29H34N4O2. The minimum absolute atomic E-state index is 0.163. The zero-order valence-electron chi connectivity index (χ0n) is 20.4. The highest BCUT2D eigenvalue weighted by Gasteiger charge is 2.32. The average Bonchev–Trinajstić information content (AvgIpc) is 2.94. The molecule has 35 heavy (non-hydrogen) atoms. The summed E-state index contributed by atoms with van der Waals surface area (Å²) in [7, 11) is 1.58. The predicted octanol–water partition coefficient (Wildman–Crippen LogP) is 5.54. The molecule has 182 valence electrons. The van der Waals surface area contributed by atoms with Crippen molar-refractivity contribution in [2.45, 2.75) is 44.2 Å². The topological polar surface area (TPSA) is 57.7 Å². The van der Waals surface area contributed by atoms with Crippen LogP contribution in [-0.2, 0) is 0 Å². The summed E-state index contributed by atoms with van der Waals surface area (Å²) in [5, 5.41) is 3.04. The molecule has 3 heterocycles. The van der Waals surface area contributed by atoms with E-state index in [4.69, 9.17) is 4.74 Å². The molecule has 0 saturated carbocycles. The number of carbonyl (C=O) groups excluding carboxylic acids is 1. The van der Waals surface area contributed by atoms with Crippen LogP contribution in [0.4, 0.5) is 11.4 Å². The summed E-state index contributed by atoms with van der Waals surface area (Å²) in [5.74, 6) is 0.411. The molecule has 0 spiro atoms. The van der Waals surface area contributed by atoms with Gasteiger partial charge in [0.2, 0.25) is 0 Å². The lowest BCUT2D eigenvalue weighted by Gasteiger charge is -2.45. The van der Waals surface area contributed by atoms with Crippen molar-refractivity contribution in [2.75, 3.05) is 37.0 Å². The minimum Gasteiger partial charge on any atom is -0.496 e. The lowest BCUT2D eigenvalue weighted by molar-refractivity contribution is 0.0773. The molecule has 0 radical (unpaired) electrons. The van der Waals surface area contributed by atoms with Crippen LogP contribution >= 0.6 is 0 Å². The van der Waals surface area contributed by atoms with E-state index in [2.05, 4.69) is 44.4 Å². The van der Waals surface area contributed by atoms with E-state index in [1.165, 1.54) is 25.0 Å². The Morgan fingerprint density at radius 3 is 2.57 bits per heavy atom. The van der Waals surface area contributed by atoms with Crippen LogP contribution in [0.3, 0.4) is 0 Å². The Labute approximate surface area is 207 Å². The van der Waals surface area contributed by atoms with Crippen LogP contribution in [-0.4, -0.2) is 48.6 Å². The average molecular weight is 471 g/mol. The van der Waals surface area contributed by atoms with Crippen molar-refractivity contribution < 1.29 is 9.53 Å². The largest absolute Gasteiger partial charge is 0.496 e. The van der Waals surface area contributed by atoms with E-state index < -0.39 is 0 Å². The number of hydrogen-bond donors (Lipinski definition) is 1. The third kappa shape index (κ3) is 5.33. The van der Waals surface area contributed by atoms with Crippen LogP contribution in [0.5, 0.6) is 5.75 Å². The maximum atomic E-state index is 12.8. The lowest BCUT2D eigenvalue weighted by Crippen LogP contribution is -2.48. The minimum atomic E-state index is -0.163. The fourth-order valence-electron chi connectivity index (χ4n) is 5.55. The Morgan fingerprint density at radius 2 is 1.77 bits per heavy atom. The molecule has 1 aromatic heterocycles. The highest BCUT2D eigenvalue weighted by molar-refractivity contribution is 6.06. The molecule has 3 aromatic rings. The first-order valence-electron chi connectivity index (χ1n) is 12.7. The smallest absolute Gasteiger partial charge is 0.259 e. The third-order valence-electron chi connectivity index (χ3n) is 7.33. The summed E-state index contributed by atoms with van der Waals surface area (Å²) in [4.78, 5) is 22.7. The van der Waals surface area contributed by atoms with E-state index in [0.717, 1.165) is 43.9 Å². The van der Waals surface area contributed by atoms with E-state index >= 15 is 0 Å². The number of nitrogens with one attached hydrogen (secondary N) is 1. The molecule has 1 N–H and O–H groups in total. The standard InChI is InChI=1S/C29H34N4O2/c1-35-28-14-3-2-11-25(28)29(34)31-22-9-8-10-24(21-22)32-19-15-23(16-20-32)33-18-7-5-13-27(33)26-12-4-6-17-30-26/h2-4,6,8-12,14,17,21,23,27H,5,7,13,15-16,18-20H2,1H3,(H,31,34)/t27-/m1/s1. The van der Waals surface area contributed by atoms with Gasteiger partial charge in [0.1, 0.15) is 5.75 Å². The normalized spacial score (nSPS) is 19.3. The monoisotopic (exact) mass is 470 g/mol. The Kier molecular flexibility index (Phi) is 7.28. The number of pyridine rings is 1. The first-order chi connectivity index (χ1) is 17.2. The SMILES string of the molecule is COc1ccccc1C(=O)Nc1cccc(N2CCC(N3CCCC[C@@H]3c3ccccn3)CC2)c1. The van der Waals surface area contributed by atoms with E-state index in [0.29, 0.717) is 23.4 Å². The van der Waals surface area contributed by atoms with Crippen molar-refractivity contribution in [3.05, 3.63) is 84.2 Å². The summed E-state index contributed by atoms with van der Waals surface area (Å²) < 4.78 is 5.34. The number of aromatic nitrogens is 1. The first kappa shape index (κ1) is 23.4. The van der Waals surface area contributed by atoms with Gasteiger partial charge < -0.3 is 15.0 Å². The fourth-order valence-corrected chi connectivity index (χ4v) is 5.55. The molecule has 2 aliphatic rings. The van der Waals surface area contributed by atoms with Crippen LogP contribution in [0.2, 0.25) is 0 Å². The van der Waals surface area contributed by atoms with Crippen LogP contribution in [0.1, 0.15) is 54.2 Å². The second kappa shape index (κ2) is 10.9. The van der Waals surface area contributed by atoms with Crippen LogP contribution in [0.15, 0.2) is 72.9 Å². The number of likely N-dealkylation sites (tertiary alicyclic amines) is 1. The van der Waals surface area contributed by atoms with Gasteiger partial charge in [-0.2, -0.15) is 0 Å². The molecule has 2 saturated heterocycles. The second-order valence-electron chi connectivity index (χ2n) is 9.43. The van der Waals surface area contributed by atoms with Crippen LogP contribution in [0.25, 0.3) is 0 Å². The number of benzene rings is 2. The number of rotatable bonds is 6. The molecule has 2 aliphatic heterocycles. The number of methoxy groups -OCH3 is 1. The molecule has 5 rings (SSSR count). The molecule has 0 bridgehead atoms. The molecule has 6 heteroatoms. The third-order valence-corrected chi connectivity index (χ3v) is 7.33. The molecule has 1 atom stereocenters. The van der Waals surface area contributed by atoms with E-state index in [-0.39, 0.29) is 5.91 Å². The Balaban J connectivity index is 1.23. The van der Waals surface area contributed by atoms with Crippen molar-refractivity contribution >= 4 is 17.3 Å². The van der Waals surface area contributed by atoms with E-state index in [1.54, 1.807) is 19.2 Å². The predicted molar refractivity (Wildman–Crippen MR) is 140 cm³/mol. The van der Waals surface area contributed by atoms with E-state index in [1.807, 2.05) is 36.5 Å². The molecule has 1 amide bonds. The zero-order valence-corrected chi connectivity index (χ0v) is 20.4. The van der Waals surface area contributed by atoms with Crippen LogP contribution < -0.4 is 15.0 Å². The maximum absolute atomic E-state index is 12.8. The number of nitrogens with zero attached hydrogens (tertiary/aromatic N) is 3. The summed E-state index contributed by atoms with van der Waals surface area (Å²) in [6.45, 7) is 3.19. The zero-order chi connectivity index (χ0) is 24.0. The Hall–Kier alpha value is -3.38. The fraction of sp³-hybridized carbons (Fsp3) is 0.379. The molecular weight excluding hydrogens is 436 g/mol. The van der Waals surface area contributed by atoms with Gasteiger partial charge in [-0.05, 0) is 74.7 Å². The summed E-state index contributed by atoms with van der Waals surface area (Å²) in [5.41, 5.74) is 3.70. The summed E-state index contributed by atoms with van der Waals surface area (Å²) in [6.07, 6.45) is 7.96. The number of anilines is 2. The molecule has 2 aromatic carbocycles. The summed E-state index contributed by atoms with van der Waals surface area (Å²) >= 11 is 0. The van der Waals surface area contributed by atoms with Gasteiger partial charge in [0.05, 0.1) is 24.4 Å². The van der Waals surface area contributed by atoms with Gasteiger partial charge in [0, 0.05) is 36.7 Å². The Bertz CT molecular complexity index is 1130. The first-order valence-corrected chi connectivity index (χ1v) is 12.7. The number of ether oxygens (including phenoxy) is 1. The Morgan fingerprint density at radius 1 is 0.943 bits per heavy atom. The van der Waals surface area contributed by atoms with Crippen LogP contribution in [0, 0.1) is 0 Å². The van der Waals surface area contributed by atoms with Crippen molar-refractivity contribution in [1.29, 1.82) is 0 Å². The van der Waals surface area contributed by atoms with Gasteiger partial charge in [0.15, 0.2) is 0 Å². The van der Waals surface area contributed by atoms with Gasteiger partial charge in [-0.25, -0.2) is 0 Å². The molecule has 0 aliphatic carbocycles. The van der Waals surface area contributed by atoms with Crippen molar-refractivity contribution in [1.82, 2.24) is 9.88 Å². The number of para-hydroxylation sites is 1. The van der Waals surface area contributed by atoms with Gasteiger partial charge in [-0.1, -0.05) is 30.7 Å². The second-order valence-corrected chi connectivity index (χ2v) is 9.43. The molecule has 0 unspecified atom stereocenters. The summed E-state index contributed by atoms with van der Waals surface area (Å²) in [6, 6.07) is 22.8. The van der Waals surface area contributed by atoms with Gasteiger partial charge in [-0.3, -0.25) is 14.7 Å².